The second-order valence-corrected chi connectivity index (χ2v) is 5.76. The van der Waals surface area contributed by atoms with Crippen molar-refractivity contribution >= 4 is 0 Å². The number of hydrogen-bond donors (Lipinski definition) is 2. The maximum atomic E-state index is 9.74. The number of aliphatic hydroxyl groups is 1. The molecule has 3 N–H and O–H groups in total. The van der Waals surface area contributed by atoms with E-state index >= 15 is 0 Å². The van der Waals surface area contributed by atoms with Crippen LogP contribution in [0.5, 0.6) is 0 Å². The Morgan fingerprint density at radius 3 is 2.50 bits per heavy atom. The first kappa shape index (κ1) is 12.3. The van der Waals surface area contributed by atoms with Crippen LogP contribution in [0, 0.1) is 11.8 Å². The van der Waals surface area contributed by atoms with Gasteiger partial charge in [0.05, 0.1) is 6.10 Å². The maximum absolute atomic E-state index is 9.74. The molecular formula is C13H26N2O. The van der Waals surface area contributed by atoms with E-state index in [4.69, 9.17) is 5.73 Å². The summed E-state index contributed by atoms with van der Waals surface area (Å²) in [5.41, 5.74) is 6.11. The predicted octanol–water partition coefficient (Wildman–Crippen LogP) is 1.20. The van der Waals surface area contributed by atoms with Gasteiger partial charge in [0.15, 0.2) is 0 Å². The Hall–Kier alpha value is -0.120. The van der Waals surface area contributed by atoms with E-state index in [0.717, 1.165) is 25.4 Å². The second kappa shape index (κ2) is 5.03. The van der Waals surface area contributed by atoms with Crippen LogP contribution in [-0.4, -0.2) is 41.3 Å². The molecule has 2 fully saturated rings. The minimum atomic E-state index is -0.217. The van der Waals surface area contributed by atoms with Crippen LogP contribution in [0.1, 0.15) is 39.5 Å². The van der Waals surface area contributed by atoms with Crippen molar-refractivity contribution in [2.75, 3.05) is 13.1 Å². The normalized spacial score (nSPS) is 36.0. The van der Waals surface area contributed by atoms with Crippen LogP contribution in [0.25, 0.3) is 0 Å². The second-order valence-electron chi connectivity index (χ2n) is 5.76. The van der Waals surface area contributed by atoms with Crippen molar-refractivity contribution in [3.05, 3.63) is 0 Å². The topological polar surface area (TPSA) is 49.5 Å². The van der Waals surface area contributed by atoms with E-state index in [-0.39, 0.29) is 12.1 Å². The highest BCUT2D eigenvalue weighted by atomic mass is 16.3. The van der Waals surface area contributed by atoms with E-state index in [1.807, 2.05) is 6.92 Å². The van der Waals surface area contributed by atoms with Gasteiger partial charge in [-0.3, -0.25) is 4.90 Å². The number of aliphatic hydroxyl groups excluding tert-OH is 1. The van der Waals surface area contributed by atoms with Gasteiger partial charge in [-0.15, -0.1) is 0 Å². The van der Waals surface area contributed by atoms with Crippen molar-refractivity contribution in [1.82, 2.24) is 4.90 Å². The minimum absolute atomic E-state index is 0.217. The Labute approximate surface area is 99.0 Å². The molecule has 0 radical (unpaired) electrons. The molecule has 2 rings (SSSR count). The molecule has 1 saturated carbocycles. The maximum Gasteiger partial charge on any atom is 0.0553 e. The molecule has 1 heterocycles. The molecule has 2 aliphatic rings. The third-order valence-electron chi connectivity index (χ3n) is 4.28. The Balaban J connectivity index is 1.97. The summed E-state index contributed by atoms with van der Waals surface area (Å²) < 4.78 is 0. The van der Waals surface area contributed by atoms with Crippen LogP contribution in [0.4, 0.5) is 0 Å². The Morgan fingerprint density at radius 2 is 2.00 bits per heavy atom. The van der Waals surface area contributed by atoms with Crippen molar-refractivity contribution in [3.63, 3.8) is 0 Å². The highest BCUT2D eigenvalue weighted by Gasteiger charge is 2.38. The Bertz CT molecular complexity index is 228. The molecule has 16 heavy (non-hydrogen) atoms. The average Bonchev–Trinajstić information content (AvgIpc) is 3.02. The van der Waals surface area contributed by atoms with Gasteiger partial charge < -0.3 is 10.8 Å². The number of rotatable bonds is 4. The fourth-order valence-corrected chi connectivity index (χ4v) is 3.21. The van der Waals surface area contributed by atoms with Crippen molar-refractivity contribution < 1.29 is 5.11 Å². The standard InChI is InChI=1S/C13H26N2O/c1-3-13(10-4-5-10)15-7-11(9(2)16)6-12(14)8-15/h9-13,16H,3-8,14H2,1-2H3. The number of nitrogens with zero attached hydrogens (tertiary/aromatic N) is 1. The van der Waals surface area contributed by atoms with Crippen LogP contribution in [0.3, 0.4) is 0 Å². The number of hydrogen-bond acceptors (Lipinski definition) is 3. The summed E-state index contributed by atoms with van der Waals surface area (Å²) >= 11 is 0. The lowest BCUT2D eigenvalue weighted by atomic mass is 9.89. The van der Waals surface area contributed by atoms with Crippen molar-refractivity contribution in [1.29, 1.82) is 0 Å². The average molecular weight is 226 g/mol. The fourth-order valence-electron chi connectivity index (χ4n) is 3.21. The van der Waals surface area contributed by atoms with Crippen molar-refractivity contribution in [2.45, 2.75) is 57.7 Å². The van der Waals surface area contributed by atoms with Crippen LogP contribution in [0.2, 0.25) is 0 Å². The van der Waals surface area contributed by atoms with E-state index in [1.165, 1.54) is 19.3 Å². The van der Waals surface area contributed by atoms with E-state index in [0.29, 0.717) is 12.0 Å². The van der Waals surface area contributed by atoms with E-state index < -0.39 is 0 Å². The number of nitrogens with two attached hydrogens (primary N) is 1. The summed E-state index contributed by atoms with van der Waals surface area (Å²) in [5.74, 6) is 1.28. The van der Waals surface area contributed by atoms with E-state index in [1.54, 1.807) is 0 Å². The fraction of sp³-hybridized carbons (Fsp3) is 1.00. The monoisotopic (exact) mass is 226 g/mol. The largest absolute Gasteiger partial charge is 0.393 e. The van der Waals surface area contributed by atoms with Crippen molar-refractivity contribution in [3.8, 4) is 0 Å². The molecule has 1 saturated heterocycles. The van der Waals surface area contributed by atoms with Gasteiger partial charge >= 0.3 is 0 Å². The number of likely N-dealkylation sites (tertiary alicyclic amines) is 1. The summed E-state index contributed by atoms with van der Waals surface area (Å²) in [4.78, 5) is 2.54. The van der Waals surface area contributed by atoms with Gasteiger partial charge in [-0.1, -0.05) is 6.92 Å². The highest BCUT2D eigenvalue weighted by Crippen LogP contribution is 2.38. The predicted molar refractivity (Wildman–Crippen MR) is 66.1 cm³/mol. The minimum Gasteiger partial charge on any atom is -0.393 e. The Kier molecular flexibility index (Phi) is 3.88. The van der Waals surface area contributed by atoms with Gasteiger partial charge in [0.1, 0.15) is 0 Å². The van der Waals surface area contributed by atoms with Gasteiger partial charge in [-0.25, -0.2) is 0 Å². The van der Waals surface area contributed by atoms with Crippen LogP contribution >= 0.6 is 0 Å². The molecule has 0 aromatic heterocycles. The summed E-state index contributed by atoms with van der Waals surface area (Å²) in [6.07, 6.45) is 4.78. The van der Waals surface area contributed by atoms with Gasteiger partial charge in [-0.2, -0.15) is 0 Å². The van der Waals surface area contributed by atoms with E-state index in [9.17, 15) is 5.11 Å². The molecule has 0 spiro atoms. The summed E-state index contributed by atoms with van der Waals surface area (Å²) in [5, 5.41) is 9.74. The number of piperidine rings is 1. The summed E-state index contributed by atoms with van der Waals surface area (Å²) in [6, 6.07) is 0.966. The molecule has 0 aromatic rings. The lowest BCUT2D eigenvalue weighted by Gasteiger charge is -2.42. The molecule has 0 amide bonds. The first-order valence-electron chi connectivity index (χ1n) is 6.79. The summed E-state index contributed by atoms with van der Waals surface area (Å²) in [6.45, 7) is 6.25. The van der Waals surface area contributed by atoms with Gasteiger partial charge in [-0.05, 0) is 44.4 Å². The van der Waals surface area contributed by atoms with Gasteiger partial charge in [0, 0.05) is 25.2 Å². The van der Waals surface area contributed by atoms with Crippen molar-refractivity contribution in [2.24, 2.45) is 17.6 Å². The molecule has 1 aliphatic carbocycles. The Morgan fingerprint density at radius 1 is 1.31 bits per heavy atom. The van der Waals surface area contributed by atoms with Gasteiger partial charge in [0.25, 0.3) is 0 Å². The zero-order valence-corrected chi connectivity index (χ0v) is 10.6. The molecule has 0 bridgehead atoms. The third kappa shape index (κ3) is 2.76. The molecule has 3 nitrogen and oxygen atoms in total. The van der Waals surface area contributed by atoms with E-state index in [2.05, 4.69) is 11.8 Å². The zero-order valence-electron chi connectivity index (χ0n) is 10.6. The molecule has 94 valence electrons. The molecule has 1 aliphatic heterocycles. The molecule has 4 atom stereocenters. The quantitative estimate of drug-likeness (QED) is 0.757. The lowest BCUT2D eigenvalue weighted by molar-refractivity contribution is 0.0297. The molecular weight excluding hydrogens is 200 g/mol. The highest BCUT2D eigenvalue weighted by molar-refractivity contribution is 4.93. The SMILES string of the molecule is CCC(C1CC1)N1CC(N)CC(C(C)O)C1. The third-order valence-corrected chi connectivity index (χ3v) is 4.28. The van der Waals surface area contributed by atoms with Crippen LogP contribution in [-0.2, 0) is 0 Å². The first-order valence-corrected chi connectivity index (χ1v) is 6.79. The molecule has 4 unspecified atom stereocenters. The lowest BCUT2D eigenvalue weighted by Crippen LogP contribution is -2.53. The van der Waals surface area contributed by atoms with Crippen LogP contribution < -0.4 is 5.73 Å². The van der Waals surface area contributed by atoms with Crippen LogP contribution in [0.15, 0.2) is 0 Å². The zero-order chi connectivity index (χ0) is 11.7. The van der Waals surface area contributed by atoms with Gasteiger partial charge in [0.2, 0.25) is 0 Å². The first-order chi connectivity index (χ1) is 7.61. The smallest absolute Gasteiger partial charge is 0.0553 e. The molecule has 3 heteroatoms. The summed E-state index contributed by atoms with van der Waals surface area (Å²) in [7, 11) is 0. The molecule has 0 aromatic carbocycles.